The SMILES string of the molecule is CCCNC(CSC(C)CC)CC1CCOCC1. The van der Waals surface area contributed by atoms with Crippen molar-refractivity contribution in [1.82, 2.24) is 5.32 Å². The van der Waals surface area contributed by atoms with Crippen molar-refractivity contribution in [3.8, 4) is 0 Å². The van der Waals surface area contributed by atoms with Gasteiger partial charge in [0.15, 0.2) is 0 Å². The summed E-state index contributed by atoms with van der Waals surface area (Å²) in [5, 5.41) is 4.53. The predicted octanol–water partition coefficient (Wildman–Crippen LogP) is 3.70. The van der Waals surface area contributed by atoms with Crippen molar-refractivity contribution < 1.29 is 4.74 Å². The maximum atomic E-state index is 5.45. The first kappa shape index (κ1) is 16.3. The number of hydrogen-bond acceptors (Lipinski definition) is 3. The summed E-state index contributed by atoms with van der Waals surface area (Å²) in [7, 11) is 0. The van der Waals surface area contributed by atoms with E-state index in [1.165, 1.54) is 37.9 Å². The average molecular weight is 273 g/mol. The molecule has 0 aromatic heterocycles. The minimum Gasteiger partial charge on any atom is -0.381 e. The molecule has 1 rings (SSSR count). The first-order valence-electron chi connectivity index (χ1n) is 7.69. The molecular formula is C15H31NOS. The topological polar surface area (TPSA) is 21.3 Å². The summed E-state index contributed by atoms with van der Waals surface area (Å²) in [5.74, 6) is 2.15. The van der Waals surface area contributed by atoms with E-state index in [0.717, 1.165) is 30.9 Å². The highest BCUT2D eigenvalue weighted by molar-refractivity contribution is 7.99. The van der Waals surface area contributed by atoms with Crippen molar-refractivity contribution in [3.63, 3.8) is 0 Å². The molecule has 0 bridgehead atoms. The molecule has 0 saturated carbocycles. The Labute approximate surface area is 118 Å². The number of thioether (sulfide) groups is 1. The smallest absolute Gasteiger partial charge is 0.0468 e. The number of ether oxygens (including phenoxy) is 1. The molecule has 108 valence electrons. The zero-order valence-electron chi connectivity index (χ0n) is 12.4. The van der Waals surface area contributed by atoms with E-state index in [9.17, 15) is 0 Å². The average Bonchev–Trinajstić information content (AvgIpc) is 2.42. The van der Waals surface area contributed by atoms with E-state index >= 15 is 0 Å². The number of rotatable bonds is 9. The van der Waals surface area contributed by atoms with E-state index in [-0.39, 0.29) is 0 Å². The van der Waals surface area contributed by atoms with Gasteiger partial charge in [0.05, 0.1) is 0 Å². The molecule has 0 amide bonds. The molecule has 0 aromatic carbocycles. The molecule has 2 nitrogen and oxygen atoms in total. The summed E-state index contributed by atoms with van der Waals surface area (Å²) in [5.41, 5.74) is 0. The van der Waals surface area contributed by atoms with Gasteiger partial charge in [0.1, 0.15) is 0 Å². The Morgan fingerprint density at radius 1 is 1.28 bits per heavy atom. The monoisotopic (exact) mass is 273 g/mol. The summed E-state index contributed by atoms with van der Waals surface area (Å²) >= 11 is 2.13. The van der Waals surface area contributed by atoms with Gasteiger partial charge in [-0.3, -0.25) is 0 Å². The van der Waals surface area contributed by atoms with Gasteiger partial charge in [-0.05, 0) is 44.6 Å². The molecule has 2 atom stereocenters. The van der Waals surface area contributed by atoms with Gasteiger partial charge in [-0.2, -0.15) is 11.8 Å². The molecule has 1 fully saturated rings. The van der Waals surface area contributed by atoms with Crippen LogP contribution in [0.25, 0.3) is 0 Å². The van der Waals surface area contributed by atoms with E-state index in [4.69, 9.17) is 4.74 Å². The van der Waals surface area contributed by atoms with Crippen LogP contribution < -0.4 is 5.32 Å². The molecule has 1 aliphatic heterocycles. The highest BCUT2D eigenvalue weighted by atomic mass is 32.2. The van der Waals surface area contributed by atoms with Crippen LogP contribution in [0.3, 0.4) is 0 Å². The fourth-order valence-electron chi connectivity index (χ4n) is 2.34. The highest BCUT2D eigenvalue weighted by Crippen LogP contribution is 2.23. The van der Waals surface area contributed by atoms with Crippen LogP contribution in [0.1, 0.15) is 52.9 Å². The first-order chi connectivity index (χ1) is 8.76. The molecule has 1 N–H and O–H groups in total. The Morgan fingerprint density at radius 2 is 2.00 bits per heavy atom. The van der Waals surface area contributed by atoms with Crippen molar-refractivity contribution in [2.24, 2.45) is 5.92 Å². The van der Waals surface area contributed by atoms with E-state index in [1.54, 1.807) is 0 Å². The Hall–Kier alpha value is 0.270. The maximum absolute atomic E-state index is 5.45. The van der Waals surface area contributed by atoms with Crippen LogP contribution in [0.15, 0.2) is 0 Å². The number of nitrogens with one attached hydrogen (secondary N) is 1. The van der Waals surface area contributed by atoms with Crippen LogP contribution in [-0.2, 0) is 4.74 Å². The van der Waals surface area contributed by atoms with Gasteiger partial charge in [0, 0.05) is 30.3 Å². The zero-order valence-corrected chi connectivity index (χ0v) is 13.2. The maximum Gasteiger partial charge on any atom is 0.0468 e. The first-order valence-corrected chi connectivity index (χ1v) is 8.73. The minimum atomic E-state index is 0.701. The Morgan fingerprint density at radius 3 is 2.61 bits per heavy atom. The lowest BCUT2D eigenvalue weighted by molar-refractivity contribution is 0.0613. The summed E-state index contributed by atoms with van der Waals surface area (Å²) in [6.07, 6.45) is 6.38. The van der Waals surface area contributed by atoms with Crippen molar-refractivity contribution in [2.45, 2.75) is 64.2 Å². The largest absolute Gasteiger partial charge is 0.381 e. The Balaban J connectivity index is 2.28. The van der Waals surface area contributed by atoms with Gasteiger partial charge < -0.3 is 10.1 Å². The Kier molecular flexibility index (Phi) is 9.16. The summed E-state index contributed by atoms with van der Waals surface area (Å²) < 4.78 is 5.45. The second kappa shape index (κ2) is 10.1. The molecule has 0 aliphatic carbocycles. The Bertz CT molecular complexity index is 195. The molecule has 1 heterocycles. The van der Waals surface area contributed by atoms with Crippen LogP contribution in [0.2, 0.25) is 0 Å². The fraction of sp³-hybridized carbons (Fsp3) is 1.00. The molecule has 0 aromatic rings. The highest BCUT2D eigenvalue weighted by Gasteiger charge is 2.19. The van der Waals surface area contributed by atoms with Gasteiger partial charge in [-0.15, -0.1) is 0 Å². The molecule has 3 heteroatoms. The third-order valence-corrected chi connectivity index (χ3v) is 5.30. The summed E-state index contributed by atoms with van der Waals surface area (Å²) in [4.78, 5) is 0. The van der Waals surface area contributed by atoms with Crippen LogP contribution in [0.4, 0.5) is 0 Å². The van der Waals surface area contributed by atoms with Crippen LogP contribution in [-0.4, -0.2) is 36.8 Å². The zero-order chi connectivity index (χ0) is 13.2. The summed E-state index contributed by atoms with van der Waals surface area (Å²) in [6.45, 7) is 9.99. The van der Waals surface area contributed by atoms with E-state index in [1.807, 2.05) is 0 Å². The summed E-state index contributed by atoms with van der Waals surface area (Å²) in [6, 6.07) is 0.701. The van der Waals surface area contributed by atoms with Crippen LogP contribution >= 0.6 is 11.8 Å². The van der Waals surface area contributed by atoms with Gasteiger partial charge in [0.25, 0.3) is 0 Å². The predicted molar refractivity (Wildman–Crippen MR) is 82.5 cm³/mol. The lowest BCUT2D eigenvalue weighted by atomic mass is 9.93. The molecular weight excluding hydrogens is 242 g/mol. The van der Waals surface area contributed by atoms with Crippen LogP contribution in [0.5, 0.6) is 0 Å². The molecule has 1 saturated heterocycles. The van der Waals surface area contributed by atoms with Gasteiger partial charge in [0.2, 0.25) is 0 Å². The molecule has 2 unspecified atom stereocenters. The lowest BCUT2D eigenvalue weighted by Crippen LogP contribution is -2.35. The quantitative estimate of drug-likeness (QED) is 0.692. The normalized spacial score (nSPS) is 20.8. The minimum absolute atomic E-state index is 0.701. The third kappa shape index (κ3) is 7.01. The standard InChI is InChI=1S/C15H31NOS/c1-4-8-16-15(12-18-13(3)5-2)11-14-6-9-17-10-7-14/h13-16H,4-12H2,1-3H3. The molecule has 0 spiro atoms. The molecule has 0 radical (unpaired) electrons. The van der Waals surface area contributed by atoms with Crippen molar-refractivity contribution in [2.75, 3.05) is 25.5 Å². The fourth-order valence-corrected chi connectivity index (χ4v) is 3.39. The second-order valence-electron chi connectivity index (χ2n) is 5.49. The van der Waals surface area contributed by atoms with E-state index in [2.05, 4.69) is 37.8 Å². The van der Waals surface area contributed by atoms with Gasteiger partial charge in [-0.25, -0.2) is 0 Å². The third-order valence-electron chi connectivity index (χ3n) is 3.80. The van der Waals surface area contributed by atoms with E-state index < -0.39 is 0 Å². The second-order valence-corrected chi connectivity index (χ2v) is 6.97. The van der Waals surface area contributed by atoms with Crippen molar-refractivity contribution in [1.29, 1.82) is 0 Å². The van der Waals surface area contributed by atoms with Gasteiger partial charge >= 0.3 is 0 Å². The van der Waals surface area contributed by atoms with E-state index in [0.29, 0.717) is 6.04 Å². The molecule has 1 aliphatic rings. The van der Waals surface area contributed by atoms with Crippen molar-refractivity contribution >= 4 is 11.8 Å². The van der Waals surface area contributed by atoms with Crippen molar-refractivity contribution in [3.05, 3.63) is 0 Å². The lowest BCUT2D eigenvalue weighted by Gasteiger charge is -2.27. The molecule has 18 heavy (non-hydrogen) atoms. The van der Waals surface area contributed by atoms with Crippen LogP contribution in [0, 0.1) is 5.92 Å². The number of hydrogen-bond donors (Lipinski definition) is 1. The van der Waals surface area contributed by atoms with Gasteiger partial charge in [-0.1, -0.05) is 20.8 Å².